The van der Waals surface area contributed by atoms with Gasteiger partial charge in [-0.15, -0.1) is 11.3 Å². The first-order valence-corrected chi connectivity index (χ1v) is 10.1. The van der Waals surface area contributed by atoms with E-state index in [2.05, 4.69) is 9.88 Å². The molecule has 140 valence electrons. The number of hydrogen-bond donors (Lipinski definition) is 1. The Kier molecular flexibility index (Phi) is 5.03. The van der Waals surface area contributed by atoms with E-state index in [4.69, 9.17) is 25.6 Å². The molecule has 0 amide bonds. The Bertz CT molecular complexity index is 1010. The number of halogens is 1. The van der Waals surface area contributed by atoms with E-state index in [0.717, 1.165) is 21.8 Å². The van der Waals surface area contributed by atoms with Crippen molar-refractivity contribution in [3.05, 3.63) is 50.3 Å². The van der Waals surface area contributed by atoms with Crippen molar-refractivity contribution in [3.8, 4) is 11.5 Å². The number of thiophene rings is 1. The summed E-state index contributed by atoms with van der Waals surface area (Å²) in [6.45, 7) is 3.94. The van der Waals surface area contributed by atoms with Gasteiger partial charge in [0.05, 0.1) is 9.77 Å². The van der Waals surface area contributed by atoms with E-state index in [1.54, 1.807) is 6.92 Å². The van der Waals surface area contributed by atoms with Crippen molar-refractivity contribution in [3.63, 3.8) is 0 Å². The van der Waals surface area contributed by atoms with Crippen LogP contribution in [0.3, 0.4) is 0 Å². The standard InChI is InChI=1S/C18H15ClN2O4S2/c1-9-5-13-14(24-8-23-13)7-11(9)6-12(22)17-15(3-4-26-17)27-21-18-16(19)10(2)20-25-18/h3-5,7,21H,6,8H2,1-2H3. The molecule has 3 heterocycles. The number of ketones is 1. The number of aryl methyl sites for hydroxylation is 2. The second-order valence-electron chi connectivity index (χ2n) is 5.96. The third-order valence-corrected chi connectivity index (χ3v) is 6.49. The topological polar surface area (TPSA) is 73.6 Å². The molecule has 0 saturated heterocycles. The summed E-state index contributed by atoms with van der Waals surface area (Å²) in [5.41, 5.74) is 2.54. The average Bonchev–Trinajstić information content (AvgIpc) is 3.36. The van der Waals surface area contributed by atoms with Crippen LogP contribution in [0.4, 0.5) is 5.88 Å². The monoisotopic (exact) mass is 422 g/mol. The Morgan fingerprint density at radius 1 is 1.33 bits per heavy atom. The van der Waals surface area contributed by atoms with E-state index in [9.17, 15) is 4.79 Å². The van der Waals surface area contributed by atoms with Gasteiger partial charge in [-0.25, -0.2) is 0 Å². The Morgan fingerprint density at radius 3 is 2.85 bits per heavy atom. The minimum Gasteiger partial charge on any atom is -0.454 e. The maximum Gasteiger partial charge on any atom is 0.253 e. The van der Waals surface area contributed by atoms with E-state index in [1.807, 2.05) is 30.5 Å². The molecular weight excluding hydrogens is 408 g/mol. The van der Waals surface area contributed by atoms with Crippen LogP contribution in [-0.4, -0.2) is 17.7 Å². The molecule has 1 aliphatic rings. The van der Waals surface area contributed by atoms with Gasteiger partial charge in [0.25, 0.3) is 5.88 Å². The fraction of sp³-hybridized carbons (Fsp3) is 0.222. The molecule has 0 atom stereocenters. The van der Waals surface area contributed by atoms with Crippen LogP contribution in [0, 0.1) is 13.8 Å². The van der Waals surface area contributed by atoms with Crippen LogP contribution in [0.15, 0.2) is 33.0 Å². The predicted molar refractivity (Wildman–Crippen MR) is 105 cm³/mol. The highest BCUT2D eigenvalue weighted by atomic mass is 35.5. The lowest BCUT2D eigenvalue weighted by atomic mass is 10.0. The van der Waals surface area contributed by atoms with Crippen LogP contribution in [0.5, 0.6) is 11.5 Å². The maximum absolute atomic E-state index is 12.9. The summed E-state index contributed by atoms with van der Waals surface area (Å²) in [6, 6.07) is 5.68. The molecule has 0 saturated carbocycles. The minimum absolute atomic E-state index is 0.0381. The average molecular weight is 423 g/mol. The molecule has 0 aliphatic carbocycles. The number of benzene rings is 1. The highest BCUT2D eigenvalue weighted by Crippen LogP contribution is 2.36. The number of ether oxygens (including phenoxy) is 2. The summed E-state index contributed by atoms with van der Waals surface area (Å²) in [6.07, 6.45) is 0.290. The summed E-state index contributed by atoms with van der Waals surface area (Å²) in [5.74, 6) is 1.81. The van der Waals surface area contributed by atoms with E-state index in [0.29, 0.717) is 33.6 Å². The van der Waals surface area contributed by atoms with Gasteiger partial charge in [0, 0.05) is 6.42 Å². The summed E-state index contributed by atoms with van der Waals surface area (Å²) in [5, 5.41) is 6.12. The van der Waals surface area contributed by atoms with Crippen LogP contribution >= 0.6 is 34.9 Å². The second-order valence-corrected chi connectivity index (χ2v) is 8.10. The molecule has 1 aromatic carbocycles. The molecule has 9 heteroatoms. The summed E-state index contributed by atoms with van der Waals surface area (Å²) < 4.78 is 18.9. The van der Waals surface area contributed by atoms with Gasteiger partial charge in [0.15, 0.2) is 17.3 Å². The van der Waals surface area contributed by atoms with Crippen molar-refractivity contribution >= 4 is 46.6 Å². The SMILES string of the molecule is Cc1cc2c(cc1CC(=O)c1sccc1SNc1onc(C)c1Cl)OCO2. The molecule has 0 radical (unpaired) electrons. The van der Waals surface area contributed by atoms with Gasteiger partial charge in [-0.05, 0) is 60.5 Å². The molecule has 27 heavy (non-hydrogen) atoms. The lowest BCUT2D eigenvalue weighted by molar-refractivity contribution is 0.0994. The Morgan fingerprint density at radius 2 is 2.11 bits per heavy atom. The zero-order valence-electron chi connectivity index (χ0n) is 14.5. The van der Waals surface area contributed by atoms with Crippen molar-refractivity contribution in [2.24, 2.45) is 0 Å². The summed E-state index contributed by atoms with van der Waals surface area (Å²) >= 11 is 8.79. The van der Waals surface area contributed by atoms with Crippen molar-refractivity contribution < 1.29 is 18.8 Å². The van der Waals surface area contributed by atoms with Gasteiger partial charge in [0.1, 0.15) is 10.7 Å². The third-order valence-electron chi connectivity index (χ3n) is 4.11. The van der Waals surface area contributed by atoms with E-state index in [1.165, 1.54) is 23.3 Å². The van der Waals surface area contributed by atoms with Crippen molar-refractivity contribution in [1.29, 1.82) is 0 Å². The first kappa shape index (κ1) is 18.2. The zero-order valence-corrected chi connectivity index (χ0v) is 16.9. The van der Waals surface area contributed by atoms with Gasteiger partial charge in [-0.1, -0.05) is 16.8 Å². The number of carbonyl (C=O) groups excluding carboxylic acids is 1. The quantitative estimate of drug-likeness (QED) is 0.428. The van der Waals surface area contributed by atoms with E-state index < -0.39 is 0 Å². The molecule has 0 bridgehead atoms. The van der Waals surface area contributed by atoms with Gasteiger partial charge in [0.2, 0.25) is 6.79 Å². The first-order valence-electron chi connectivity index (χ1n) is 8.07. The van der Waals surface area contributed by atoms with E-state index >= 15 is 0 Å². The zero-order chi connectivity index (χ0) is 19.0. The number of aromatic nitrogens is 1. The number of anilines is 1. The number of nitrogens with one attached hydrogen (secondary N) is 1. The van der Waals surface area contributed by atoms with Gasteiger partial charge in [-0.3, -0.25) is 9.52 Å². The van der Waals surface area contributed by atoms with Gasteiger partial charge >= 0.3 is 0 Å². The number of hydrogen-bond acceptors (Lipinski definition) is 8. The lowest BCUT2D eigenvalue weighted by Crippen LogP contribution is -2.04. The molecule has 2 aromatic heterocycles. The molecule has 0 unspecified atom stereocenters. The molecule has 1 aliphatic heterocycles. The summed E-state index contributed by atoms with van der Waals surface area (Å²) in [7, 11) is 0. The fourth-order valence-corrected chi connectivity index (χ4v) is 4.57. The number of Topliss-reactive ketones (excluding diaryl/α,β-unsaturated/α-hetero) is 1. The number of fused-ring (bicyclic) bond motifs is 1. The van der Waals surface area contributed by atoms with Crippen LogP contribution in [0.2, 0.25) is 5.02 Å². The van der Waals surface area contributed by atoms with Crippen molar-refractivity contribution in [1.82, 2.24) is 5.16 Å². The number of rotatable bonds is 6. The maximum atomic E-state index is 12.9. The normalized spacial score (nSPS) is 12.4. The Labute approximate surface area is 168 Å². The largest absolute Gasteiger partial charge is 0.454 e. The predicted octanol–water partition coefficient (Wildman–Crippen LogP) is 5.28. The number of nitrogens with zero attached hydrogens (tertiary/aromatic N) is 1. The van der Waals surface area contributed by atoms with Gasteiger partial charge < -0.3 is 14.0 Å². The summed E-state index contributed by atoms with van der Waals surface area (Å²) in [4.78, 5) is 14.4. The molecule has 4 rings (SSSR count). The van der Waals surface area contributed by atoms with E-state index in [-0.39, 0.29) is 12.6 Å². The smallest absolute Gasteiger partial charge is 0.253 e. The minimum atomic E-state index is 0.0381. The van der Waals surface area contributed by atoms with Gasteiger partial charge in [-0.2, -0.15) is 0 Å². The molecule has 0 spiro atoms. The number of carbonyl (C=O) groups is 1. The first-order chi connectivity index (χ1) is 13.0. The third kappa shape index (κ3) is 3.65. The van der Waals surface area contributed by atoms with Crippen LogP contribution in [0.25, 0.3) is 0 Å². The molecule has 6 nitrogen and oxygen atoms in total. The Balaban J connectivity index is 1.49. The highest BCUT2D eigenvalue weighted by molar-refractivity contribution is 8.00. The van der Waals surface area contributed by atoms with Crippen molar-refractivity contribution in [2.45, 2.75) is 25.2 Å². The Hall–Kier alpha value is -2.16. The van der Waals surface area contributed by atoms with Crippen molar-refractivity contribution in [2.75, 3.05) is 11.5 Å². The molecule has 0 fully saturated rings. The van der Waals surface area contributed by atoms with Crippen LogP contribution in [-0.2, 0) is 6.42 Å². The van der Waals surface area contributed by atoms with Crippen LogP contribution in [0.1, 0.15) is 26.5 Å². The highest BCUT2D eigenvalue weighted by Gasteiger charge is 2.20. The molecule has 3 aromatic rings. The molecule has 1 N–H and O–H groups in total. The van der Waals surface area contributed by atoms with Crippen LogP contribution < -0.4 is 14.2 Å². The molecular formula is C18H15ClN2O4S2. The fourth-order valence-electron chi connectivity index (χ4n) is 2.63. The lowest BCUT2D eigenvalue weighted by Gasteiger charge is -2.08. The second kappa shape index (κ2) is 7.46.